The minimum Gasteiger partial charge on any atom is -0.445 e. The van der Waals surface area contributed by atoms with Gasteiger partial charge in [0.25, 0.3) is 5.91 Å². The molecule has 0 spiro atoms. The Bertz CT molecular complexity index is 1910. The molecule has 1 unspecified atom stereocenters. The van der Waals surface area contributed by atoms with Crippen LogP contribution in [0.3, 0.4) is 0 Å². The van der Waals surface area contributed by atoms with Crippen LogP contribution in [-0.2, 0) is 30.6 Å². The molecule has 1 aliphatic heterocycles. The first-order chi connectivity index (χ1) is 23.5. The van der Waals surface area contributed by atoms with Crippen LogP contribution in [0.4, 0.5) is 25.1 Å². The highest BCUT2D eigenvalue weighted by atomic mass is 32.2. The number of hydrogen-bond donors (Lipinski definition) is 2. The second-order valence-corrected chi connectivity index (χ2v) is 13.6. The Morgan fingerprint density at radius 1 is 0.980 bits per heavy atom. The number of aromatic nitrogens is 2. The Hall–Kier alpha value is -4.44. The largest absolute Gasteiger partial charge is 0.445 e. The molecule has 1 atom stereocenters. The molecule has 1 aliphatic rings. The van der Waals surface area contributed by atoms with Crippen molar-refractivity contribution in [1.82, 2.24) is 14.7 Å². The number of benzene rings is 3. The summed E-state index contributed by atoms with van der Waals surface area (Å²) < 4.78 is 71.6. The fourth-order valence-electron chi connectivity index (χ4n) is 5.65. The molecular formula is C34H39F2N5O7S. The van der Waals surface area contributed by atoms with Crippen LogP contribution >= 0.6 is 0 Å². The highest BCUT2D eigenvalue weighted by Crippen LogP contribution is 2.31. The lowest BCUT2D eigenvalue weighted by atomic mass is 10.1. The van der Waals surface area contributed by atoms with E-state index in [0.717, 1.165) is 42.7 Å². The van der Waals surface area contributed by atoms with E-state index in [-0.39, 0.29) is 46.4 Å². The van der Waals surface area contributed by atoms with Gasteiger partial charge in [-0.3, -0.25) is 9.69 Å². The van der Waals surface area contributed by atoms with Gasteiger partial charge in [-0.1, -0.05) is 6.07 Å². The van der Waals surface area contributed by atoms with Crippen LogP contribution in [0.1, 0.15) is 42.6 Å². The number of carbonyl (C=O) groups is 2. The molecule has 3 aromatic carbocycles. The lowest BCUT2D eigenvalue weighted by Gasteiger charge is -2.20. The number of hydrogen-bond acceptors (Lipinski definition) is 10. The first-order valence-electron chi connectivity index (χ1n) is 15.9. The first kappa shape index (κ1) is 35.9. The molecule has 262 valence electrons. The maximum atomic E-state index is 14.0. The molecule has 1 amide bonds. The summed E-state index contributed by atoms with van der Waals surface area (Å²) in [4.78, 5) is 28.4. The van der Waals surface area contributed by atoms with Crippen molar-refractivity contribution in [3.8, 4) is 0 Å². The lowest BCUT2D eigenvalue weighted by molar-refractivity contribution is 0.0786. The van der Waals surface area contributed by atoms with E-state index in [2.05, 4.69) is 20.6 Å². The zero-order chi connectivity index (χ0) is 35.1. The number of methoxy groups -OCH3 is 1. The molecular weight excluding hydrogens is 660 g/mol. The van der Waals surface area contributed by atoms with Crippen molar-refractivity contribution >= 4 is 44.2 Å². The summed E-state index contributed by atoms with van der Waals surface area (Å²) in [5.41, 5.74) is 1.95. The summed E-state index contributed by atoms with van der Waals surface area (Å²) in [7, 11) is -2.85. The van der Waals surface area contributed by atoms with E-state index in [9.17, 15) is 26.8 Å². The summed E-state index contributed by atoms with van der Waals surface area (Å²) in [5, 5.41) is 10.4. The van der Waals surface area contributed by atoms with Gasteiger partial charge < -0.3 is 24.8 Å². The maximum absolute atomic E-state index is 14.0. The van der Waals surface area contributed by atoms with Gasteiger partial charge in [0, 0.05) is 43.4 Å². The molecule has 5 rings (SSSR count). The smallest absolute Gasteiger partial charge is 0.435 e. The molecule has 49 heavy (non-hydrogen) atoms. The number of fused-ring (bicyclic) bond motifs is 1. The first-order valence-corrected chi connectivity index (χ1v) is 17.4. The standard InChI is InChI=1S/C34H39F2N5O7S/c1-4-47-13-14-48-34(43)41-31-10-8-26(49(44,45)27-17-24(35)16-25(36)18-27)19-29(31)32(39-41)38-33(42)28-9-7-23(20-40-11-5-6-12-40)15-30(28)37-22(2)21-46-3/h7-10,15-19,22,37H,4-6,11-14,20-21H2,1-3H3,(H,38,39,42). The molecule has 0 saturated carbocycles. The van der Waals surface area contributed by atoms with Crippen molar-refractivity contribution in [1.29, 1.82) is 0 Å². The average molecular weight is 700 g/mol. The number of anilines is 2. The zero-order valence-electron chi connectivity index (χ0n) is 27.5. The number of carbonyl (C=O) groups excluding carboxylic acids is 2. The van der Waals surface area contributed by atoms with E-state index >= 15 is 0 Å². The van der Waals surface area contributed by atoms with E-state index in [0.29, 0.717) is 37.1 Å². The van der Waals surface area contributed by atoms with E-state index in [4.69, 9.17) is 14.2 Å². The molecule has 4 aromatic rings. The van der Waals surface area contributed by atoms with Gasteiger partial charge in [-0.05, 0) is 87.8 Å². The van der Waals surface area contributed by atoms with Gasteiger partial charge in [-0.25, -0.2) is 22.0 Å². The van der Waals surface area contributed by atoms with Gasteiger partial charge in [-0.2, -0.15) is 4.68 Å². The number of sulfone groups is 1. The van der Waals surface area contributed by atoms with Gasteiger partial charge in [0.2, 0.25) is 9.84 Å². The average Bonchev–Trinajstić information content (AvgIpc) is 3.70. The molecule has 0 aliphatic carbocycles. The molecule has 1 fully saturated rings. The monoisotopic (exact) mass is 699 g/mol. The van der Waals surface area contributed by atoms with Crippen LogP contribution < -0.4 is 10.6 Å². The van der Waals surface area contributed by atoms with E-state index in [1.807, 2.05) is 19.1 Å². The Morgan fingerprint density at radius 2 is 1.71 bits per heavy atom. The molecule has 15 heteroatoms. The van der Waals surface area contributed by atoms with Crippen molar-refractivity contribution in [2.45, 2.75) is 49.1 Å². The maximum Gasteiger partial charge on any atom is 0.435 e. The van der Waals surface area contributed by atoms with Crippen molar-refractivity contribution < 1.29 is 41.0 Å². The quantitative estimate of drug-likeness (QED) is 0.163. The van der Waals surface area contributed by atoms with Crippen LogP contribution in [0.5, 0.6) is 0 Å². The zero-order valence-corrected chi connectivity index (χ0v) is 28.3. The normalized spacial score (nSPS) is 14.2. The molecule has 2 N–H and O–H groups in total. The SMILES string of the molecule is CCOCCOC(=O)n1nc(NC(=O)c2ccc(CN3CCCC3)cc2NC(C)COC)c2cc(S(=O)(=O)c3cc(F)cc(F)c3)ccc21. The Morgan fingerprint density at radius 3 is 2.41 bits per heavy atom. The fourth-order valence-corrected chi connectivity index (χ4v) is 6.98. The van der Waals surface area contributed by atoms with Crippen LogP contribution in [-0.4, -0.2) is 87.8 Å². The molecule has 0 bridgehead atoms. The molecule has 12 nitrogen and oxygen atoms in total. The van der Waals surface area contributed by atoms with Crippen molar-refractivity contribution in [3.63, 3.8) is 0 Å². The highest BCUT2D eigenvalue weighted by Gasteiger charge is 2.25. The van der Waals surface area contributed by atoms with E-state index in [1.54, 1.807) is 20.1 Å². The predicted molar refractivity (Wildman–Crippen MR) is 179 cm³/mol. The Kier molecular flexibility index (Phi) is 11.6. The topological polar surface area (TPSA) is 141 Å². The van der Waals surface area contributed by atoms with Crippen LogP contribution in [0.15, 0.2) is 64.4 Å². The molecule has 2 heterocycles. The summed E-state index contributed by atoms with van der Waals surface area (Å²) in [6.45, 7) is 7.30. The minimum atomic E-state index is -4.43. The number of halogens is 2. The van der Waals surface area contributed by atoms with Crippen molar-refractivity contribution in [2.24, 2.45) is 0 Å². The van der Waals surface area contributed by atoms with Crippen LogP contribution in [0.25, 0.3) is 10.9 Å². The molecule has 1 saturated heterocycles. The third kappa shape index (κ3) is 8.60. The second kappa shape index (κ2) is 15.8. The summed E-state index contributed by atoms with van der Waals surface area (Å²) in [6, 6.07) is 11.0. The Labute approximate surface area is 283 Å². The van der Waals surface area contributed by atoms with Crippen molar-refractivity contribution in [2.75, 3.05) is 57.3 Å². The van der Waals surface area contributed by atoms with Crippen LogP contribution in [0, 0.1) is 11.6 Å². The predicted octanol–water partition coefficient (Wildman–Crippen LogP) is 5.46. The molecule has 1 aromatic heterocycles. The minimum absolute atomic E-state index is 0.0703. The molecule has 0 radical (unpaired) electrons. The van der Waals surface area contributed by atoms with E-state index < -0.39 is 38.4 Å². The van der Waals surface area contributed by atoms with Gasteiger partial charge in [0.1, 0.15) is 18.2 Å². The Balaban J connectivity index is 1.53. The lowest BCUT2D eigenvalue weighted by Crippen LogP contribution is -2.24. The fraction of sp³-hybridized carbons (Fsp3) is 0.382. The number of likely N-dealkylation sites (tertiary alicyclic amines) is 1. The summed E-state index contributed by atoms with van der Waals surface area (Å²) >= 11 is 0. The third-order valence-corrected chi connectivity index (χ3v) is 9.65. The number of ether oxygens (including phenoxy) is 3. The second-order valence-electron chi connectivity index (χ2n) is 11.7. The van der Waals surface area contributed by atoms with Gasteiger partial charge in [-0.15, -0.1) is 5.10 Å². The van der Waals surface area contributed by atoms with Gasteiger partial charge in [0.15, 0.2) is 5.82 Å². The number of rotatable bonds is 14. The third-order valence-electron chi connectivity index (χ3n) is 7.92. The van der Waals surface area contributed by atoms with Crippen molar-refractivity contribution in [3.05, 3.63) is 77.4 Å². The number of amides is 1. The summed E-state index contributed by atoms with van der Waals surface area (Å²) in [6.07, 6.45) is 1.38. The van der Waals surface area contributed by atoms with Crippen LogP contribution in [0.2, 0.25) is 0 Å². The number of nitrogens with zero attached hydrogens (tertiary/aromatic N) is 3. The van der Waals surface area contributed by atoms with Gasteiger partial charge >= 0.3 is 6.09 Å². The van der Waals surface area contributed by atoms with E-state index in [1.165, 1.54) is 18.2 Å². The number of nitrogens with one attached hydrogen (secondary N) is 2. The highest BCUT2D eigenvalue weighted by molar-refractivity contribution is 7.91. The van der Waals surface area contributed by atoms with Gasteiger partial charge in [0.05, 0.1) is 34.1 Å². The summed E-state index contributed by atoms with van der Waals surface area (Å²) in [5.74, 6) is -2.85.